The van der Waals surface area contributed by atoms with Crippen LogP contribution in [0.1, 0.15) is 36.7 Å². The van der Waals surface area contributed by atoms with Crippen molar-refractivity contribution < 1.29 is 14.0 Å². The first-order valence-corrected chi connectivity index (χ1v) is 7.43. The number of likely N-dealkylation sites (tertiary alicyclic amines) is 1. The van der Waals surface area contributed by atoms with Crippen molar-refractivity contribution >= 4 is 24.2 Å². The fourth-order valence-corrected chi connectivity index (χ4v) is 2.72. The Balaban J connectivity index is 0.00000242. The highest BCUT2D eigenvalue weighted by Crippen LogP contribution is 2.22. The smallest absolute Gasteiger partial charge is 0.286 e. The van der Waals surface area contributed by atoms with Crippen LogP contribution in [0.2, 0.25) is 0 Å². The van der Waals surface area contributed by atoms with Crippen LogP contribution in [-0.2, 0) is 4.79 Å². The Bertz CT molecular complexity index is 478. The number of halogens is 1. The van der Waals surface area contributed by atoms with Crippen LogP contribution < -0.4 is 11.1 Å². The first-order valence-electron chi connectivity index (χ1n) is 7.43. The molecular formula is C15H24ClN3O3. The van der Waals surface area contributed by atoms with Gasteiger partial charge in [-0.2, -0.15) is 0 Å². The van der Waals surface area contributed by atoms with Crippen LogP contribution in [0.3, 0.4) is 0 Å². The third-order valence-corrected chi connectivity index (χ3v) is 3.94. The van der Waals surface area contributed by atoms with Gasteiger partial charge in [0.05, 0.1) is 6.26 Å². The minimum absolute atomic E-state index is 0. The van der Waals surface area contributed by atoms with E-state index in [0.29, 0.717) is 19.0 Å². The molecule has 124 valence electrons. The molecule has 0 aliphatic carbocycles. The van der Waals surface area contributed by atoms with E-state index in [0.717, 1.165) is 19.4 Å². The molecule has 2 unspecified atom stereocenters. The highest BCUT2D eigenvalue weighted by atomic mass is 35.5. The van der Waals surface area contributed by atoms with E-state index in [-0.39, 0.29) is 42.4 Å². The second-order valence-electron chi connectivity index (χ2n) is 5.59. The summed E-state index contributed by atoms with van der Waals surface area (Å²) in [5, 5.41) is 2.69. The van der Waals surface area contributed by atoms with E-state index in [1.807, 2.05) is 4.90 Å². The summed E-state index contributed by atoms with van der Waals surface area (Å²) < 4.78 is 4.99. The van der Waals surface area contributed by atoms with Gasteiger partial charge in [-0.25, -0.2) is 0 Å². The van der Waals surface area contributed by atoms with E-state index in [1.165, 1.54) is 6.26 Å². The van der Waals surface area contributed by atoms with Crippen molar-refractivity contribution in [3.8, 4) is 0 Å². The number of carbonyl (C=O) groups is 2. The summed E-state index contributed by atoms with van der Waals surface area (Å²) in [6.07, 6.45) is 3.71. The van der Waals surface area contributed by atoms with Crippen molar-refractivity contribution in [2.75, 3.05) is 19.6 Å². The van der Waals surface area contributed by atoms with Crippen molar-refractivity contribution in [1.82, 2.24) is 10.2 Å². The Labute approximate surface area is 136 Å². The Morgan fingerprint density at radius 2 is 2.27 bits per heavy atom. The molecule has 22 heavy (non-hydrogen) atoms. The van der Waals surface area contributed by atoms with E-state index in [4.69, 9.17) is 10.2 Å². The fourth-order valence-electron chi connectivity index (χ4n) is 2.72. The van der Waals surface area contributed by atoms with Gasteiger partial charge >= 0.3 is 0 Å². The Kier molecular flexibility index (Phi) is 7.41. The number of nitrogens with zero attached hydrogens (tertiary/aromatic N) is 1. The van der Waals surface area contributed by atoms with Crippen molar-refractivity contribution in [2.24, 2.45) is 11.7 Å². The number of hydrogen-bond donors (Lipinski definition) is 2. The third-order valence-electron chi connectivity index (χ3n) is 3.94. The SMILES string of the molecule is CC1CCN(C(=O)CCNC(=O)c2ccco2)C(CN)C1.Cl. The van der Waals surface area contributed by atoms with E-state index in [2.05, 4.69) is 12.2 Å². The molecule has 6 nitrogen and oxygen atoms in total. The first kappa shape index (κ1) is 18.5. The molecule has 1 aromatic heterocycles. The normalized spacial score (nSPS) is 21.1. The minimum Gasteiger partial charge on any atom is -0.459 e. The largest absolute Gasteiger partial charge is 0.459 e. The lowest BCUT2D eigenvalue weighted by Crippen LogP contribution is -2.49. The molecule has 7 heteroatoms. The molecule has 0 radical (unpaired) electrons. The van der Waals surface area contributed by atoms with Gasteiger partial charge in [0, 0.05) is 32.1 Å². The van der Waals surface area contributed by atoms with Crippen LogP contribution in [0.15, 0.2) is 22.8 Å². The summed E-state index contributed by atoms with van der Waals surface area (Å²) >= 11 is 0. The van der Waals surface area contributed by atoms with Crippen LogP contribution >= 0.6 is 12.4 Å². The van der Waals surface area contributed by atoms with Gasteiger partial charge in [-0.3, -0.25) is 9.59 Å². The van der Waals surface area contributed by atoms with E-state index < -0.39 is 0 Å². The van der Waals surface area contributed by atoms with Crippen molar-refractivity contribution in [2.45, 2.75) is 32.2 Å². The Morgan fingerprint density at radius 1 is 1.50 bits per heavy atom. The highest BCUT2D eigenvalue weighted by molar-refractivity contribution is 5.91. The lowest BCUT2D eigenvalue weighted by Gasteiger charge is -2.38. The maximum Gasteiger partial charge on any atom is 0.286 e. The summed E-state index contributed by atoms with van der Waals surface area (Å²) in [7, 11) is 0. The molecule has 0 bridgehead atoms. The summed E-state index contributed by atoms with van der Waals surface area (Å²) in [4.78, 5) is 25.8. The molecule has 3 N–H and O–H groups in total. The summed E-state index contributed by atoms with van der Waals surface area (Å²) in [6.45, 7) is 3.75. The number of furan rings is 1. The van der Waals surface area contributed by atoms with Crippen LogP contribution in [0, 0.1) is 5.92 Å². The number of nitrogens with two attached hydrogens (primary N) is 1. The summed E-state index contributed by atoms with van der Waals surface area (Å²) in [5.41, 5.74) is 5.76. The van der Waals surface area contributed by atoms with Crippen LogP contribution in [0.25, 0.3) is 0 Å². The van der Waals surface area contributed by atoms with Gasteiger partial charge in [-0.05, 0) is 30.9 Å². The molecule has 2 heterocycles. The minimum atomic E-state index is -0.296. The number of hydrogen-bond acceptors (Lipinski definition) is 4. The molecule has 0 aromatic carbocycles. The van der Waals surface area contributed by atoms with E-state index in [9.17, 15) is 9.59 Å². The zero-order valence-corrected chi connectivity index (χ0v) is 13.6. The molecule has 0 saturated carbocycles. The quantitative estimate of drug-likeness (QED) is 0.854. The van der Waals surface area contributed by atoms with Gasteiger partial charge < -0.3 is 20.4 Å². The van der Waals surface area contributed by atoms with Gasteiger partial charge in [-0.1, -0.05) is 6.92 Å². The Morgan fingerprint density at radius 3 is 2.91 bits per heavy atom. The molecule has 2 rings (SSSR count). The maximum atomic E-state index is 12.2. The standard InChI is InChI=1S/C15H23N3O3.ClH/c1-11-5-7-18(12(9-11)10-16)14(19)4-6-17-15(20)13-3-2-8-21-13;/h2-3,8,11-12H,4-7,9-10,16H2,1H3,(H,17,20);1H. The maximum absolute atomic E-state index is 12.2. The van der Waals surface area contributed by atoms with Crippen molar-refractivity contribution in [3.05, 3.63) is 24.2 Å². The molecule has 1 aliphatic heterocycles. The number of carbonyl (C=O) groups excluding carboxylic acids is 2. The van der Waals surface area contributed by atoms with E-state index in [1.54, 1.807) is 12.1 Å². The Hall–Kier alpha value is -1.53. The lowest BCUT2D eigenvalue weighted by atomic mass is 9.92. The van der Waals surface area contributed by atoms with Gasteiger partial charge in [0.2, 0.25) is 5.91 Å². The van der Waals surface area contributed by atoms with Crippen molar-refractivity contribution in [3.63, 3.8) is 0 Å². The van der Waals surface area contributed by atoms with Gasteiger partial charge in [0.15, 0.2) is 5.76 Å². The molecule has 0 spiro atoms. The lowest BCUT2D eigenvalue weighted by molar-refractivity contribution is -0.135. The van der Waals surface area contributed by atoms with Crippen LogP contribution in [0.4, 0.5) is 0 Å². The number of nitrogens with one attached hydrogen (secondary N) is 1. The fraction of sp³-hybridized carbons (Fsp3) is 0.600. The van der Waals surface area contributed by atoms with Gasteiger partial charge in [0.25, 0.3) is 5.91 Å². The zero-order chi connectivity index (χ0) is 15.2. The van der Waals surface area contributed by atoms with Gasteiger partial charge in [0.1, 0.15) is 0 Å². The predicted octanol–water partition coefficient (Wildman–Crippen LogP) is 1.41. The molecule has 1 aromatic rings. The van der Waals surface area contributed by atoms with E-state index >= 15 is 0 Å². The first-order chi connectivity index (χ1) is 10.1. The molecule has 2 amide bonds. The zero-order valence-electron chi connectivity index (χ0n) is 12.8. The topological polar surface area (TPSA) is 88.6 Å². The number of amides is 2. The average molecular weight is 330 g/mol. The number of piperidine rings is 1. The van der Waals surface area contributed by atoms with Crippen LogP contribution in [-0.4, -0.2) is 42.4 Å². The summed E-state index contributed by atoms with van der Waals surface area (Å²) in [6, 6.07) is 3.37. The predicted molar refractivity (Wildman–Crippen MR) is 85.9 cm³/mol. The molecule has 1 fully saturated rings. The van der Waals surface area contributed by atoms with Crippen LogP contribution in [0.5, 0.6) is 0 Å². The molecule has 1 aliphatic rings. The second-order valence-corrected chi connectivity index (χ2v) is 5.59. The second kappa shape index (κ2) is 8.80. The molecule has 1 saturated heterocycles. The summed E-state index contributed by atoms with van der Waals surface area (Å²) in [5.74, 6) is 0.628. The van der Waals surface area contributed by atoms with Gasteiger partial charge in [-0.15, -0.1) is 12.4 Å². The highest BCUT2D eigenvalue weighted by Gasteiger charge is 2.28. The third kappa shape index (κ3) is 4.74. The number of rotatable bonds is 5. The monoisotopic (exact) mass is 329 g/mol. The van der Waals surface area contributed by atoms with Crippen molar-refractivity contribution in [1.29, 1.82) is 0 Å². The average Bonchev–Trinajstić information content (AvgIpc) is 3.01. The molecular weight excluding hydrogens is 306 g/mol. The molecule has 2 atom stereocenters.